The minimum atomic E-state index is -2.57. The highest BCUT2D eigenvalue weighted by atomic mass is 32.1. The summed E-state index contributed by atoms with van der Waals surface area (Å²) in [7, 11) is 1.88. The van der Waals surface area contributed by atoms with Crippen LogP contribution in [-0.4, -0.2) is 61.5 Å². The number of aryl methyl sites for hydroxylation is 7. The number of furan rings is 1. The van der Waals surface area contributed by atoms with Crippen LogP contribution in [0.4, 0.5) is 0 Å². The third kappa shape index (κ3) is 8.59. The van der Waals surface area contributed by atoms with Crippen LogP contribution < -0.4 is 22.8 Å². The van der Waals surface area contributed by atoms with Crippen molar-refractivity contribution in [2.24, 2.45) is 48.9 Å². The molecular weight excluding hydrogens is 1360 g/mol. The Bertz CT molecular complexity index is 7980. The maximum Gasteiger partial charge on any atom is 0.340 e. The van der Waals surface area contributed by atoms with Crippen molar-refractivity contribution in [3.05, 3.63) is 271 Å². The van der Waals surface area contributed by atoms with Crippen molar-refractivity contribution >= 4 is 121 Å². The summed E-state index contributed by atoms with van der Waals surface area (Å²) < 4.78 is 174. The number of rotatable bonds is 1. The zero-order chi connectivity index (χ0) is 87.1. The molecule has 0 spiro atoms. The lowest BCUT2D eigenvalue weighted by Crippen LogP contribution is -2.31. The third-order valence-electron chi connectivity index (χ3n) is 21.8. The maximum absolute atomic E-state index is 8.36. The zero-order valence-corrected chi connectivity index (χ0v) is 58.3. The highest BCUT2D eigenvalue weighted by molar-refractivity contribution is 7.24. The molecule has 0 saturated carbocycles. The molecule has 26 rings (SSSR count). The molecule has 0 radical (unpaired) electrons. The van der Waals surface area contributed by atoms with Crippen molar-refractivity contribution in [1.82, 2.24) is 61.5 Å². The lowest BCUT2D eigenvalue weighted by molar-refractivity contribution is -0.640. The molecule has 20 heteroatoms. The number of hydrogen-bond donors (Lipinski definition) is 0. The lowest BCUT2D eigenvalue weighted by atomic mass is 10.1. The Hall–Kier alpha value is -13.5. The van der Waals surface area contributed by atoms with E-state index in [2.05, 4.69) is 56.8 Å². The van der Waals surface area contributed by atoms with E-state index in [9.17, 15) is 0 Å². The van der Waals surface area contributed by atoms with E-state index >= 15 is 0 Å². The number of nitrogens with zero attached hydrogens (tertiary/aromatic N) is 18. The Kier molecular flexibility index (Phi) is 9.99. The summed E-state index contributed by atoms with van der Waals surface area (Å²) in [6.07, 6.45) is 8.39. The fraction of sp³-hybridized carbons (Fsp3) is 0.136. The molecular formula is C88H71N18OS+5. The van der Waals surface area contributed by atoms with Crippen LogP contribution in [0.3, 0.4) is 0 Å². The molecule has 0 amide bonds. The van der Waals surface area contributed by atoms with Crippen LogP contribution >= 0.6 is 11.3 Å². The molecule has 0 unspecified atom stereocenters. The monoisotopic (exact) mass is 1450 g/mol. The van der Waals surface area contributed by atoms with Crippen LogP contribution in [0.1, 0.15) is 52.5 Å². The van der Waals surface area contributed by atoms with Gasteiger partial charge in [0.25, 0.3) is 28.6 Å². The molecule has 15 aromatic heterocycles. The SMILES string of the molecule is [2H]C([2H])([2H])[n+]1c2n(c3c4cccnc4n(-c4ccccc4)c31)Cc1ccccc1-2.[2H]C([2H])([2H])[n+]1c2n(c3c4cccnc4n(C)c31)Cc1ccccc1-2.[2H]C([2H])([2H])[n+]1c2n(c3c4cccnc4oc31)Cc1ccccc1-2.[2H]C([2H])([2H])[n+]1c2n(c3c4cccnc4sc31)Cc1ccccc1-2.[2H]C([2H])([2H])n1c2ncccc2c2c1[n+](C([2H])([2H])[2H])c1n2Cc2ccccc2-1. The van der Waals surface area contributed by atoms with Gasteiger partial charge in [0.1, 0.15) is 23.6 Å². The standard InChI is InChI=1S/C22H17N4.2C17H15N4.C16H12N3O.C16H12N3S/c1-24-21-17-11-6-5-8-15(17)14-25(21)19-18-12-7-13-23-20(18)26(22(19)24)16-9-3-2-4-10-16;2*1-19-15-13(8-5-9-18-15)14-17(19)20(2)16-12-7-4-3-6-11(12)10-21(14)16;2*1-18-15-11-6-3-2-5-10(11)9-19(15)13-12-7-4-8-17-14(12)20-16(13)18/h2-13H,14H2,1H3;2*3-9H,10H2,1-2H3;2*2-8H,9H2,1H3/q5*+1/i1D3;1D3,2D3;2D3;2*1D3. The van der Waals surface area contributed by atoms with Gasteiger partial charge >= 0.3 is 5.71 Å². The number of benzene rings is 6. The van der Waals surface area contributed by atoms with Crippen LogP contribution in [-0.2, 0) is 81.6 Å². The van der Waals surface area contributed by atoms with E-state index in [-0.39, 0.29) is 11.3 Å². The molecule has 0 fully saturated rings. The highest BCUT2D eigenvalue weighted by Gasteiger charge is 2.41. The van der Waals surface area contributed by atoms with Gasteiger partial charge < -0.3 is 4.42 Å². The first-order valence-electron chi connectivity index (χ1n) is 44.2. The summed E-state index contributed by atoms with van der Waals surface area (Å²) in [6, 6.07) is 68.3. The van der Waals surface area contributed by atoms with E-state index in [0.29, 0.717) is 78.0 Å². The van der Waals surface area contributed by atoms with Crippen molar-refractivity contribution in [3.8, 4) is 62.6 Å². The first kappa shape index (κ1) is 46.4. The second-order valence-corrected chi connectivity index (χ2v) is 28.4. The van der Waals surface area contributed by atoms with Gasteiger partial charge in [0.2, 0.25) is 50.5 Å². The molecule has 0 N–H and O–H groups in total. The molecule has 0 saturated heterocycles. The van der Waals surface area contributed by atoms with E-state index in [1.54, 1.807) is 36.9 Å². The van der Waals surface area contributed by atoms with Gasteiger partial charge in [0, 0.05) is 42.1 Å². The predicted octanol–water partition coefficient (Wildman–Crippen LogP) is 14.3. The molecule has 5 aliphatic heterocycles. The molecule has 20 heterocycles. The minimum absolute atomic E-state index is 0.146. The Morgan fingerprint density at radius 3 is 1.23 bits per heavy atom. The number of hydrogen-bond acceptors (Lipinski definition) is 7. The van der Waals surface area contributed by atoms with E-state index in [1.807, 2.05) is 207 Å². The van der Waals surface area contributed by atoms with Crippen LogP contribution in [0.2, 0.25) is 0 Å². The second kappa shape index (κ2) is 23.3. The summed E-state index contributed by atoms with van der Waals surface area (Å²) >= 11 is 1.45. The van der Waals surface area contributed by atoms with Gasteiger partial charge in [-0.25, -0.2) is 79.7 Å². The molecule has 520 valence electrons. The second-order valence-electron chi connectivity index (χ2n) is 27.4. The Morgan fingerprint density at radius 2 is 0.722 bits per heavy atom. The topological polar surface area (TPSA) is 136 Å². The first-order valence-corrected chi connectivity index (χ1v) is 36.0. The van der Waals surface area contributed by atoms with Gasteiger partial charge in [-0.15, -0.1) is 0 Å². The van der Waals surface area contributed by atoms with Gasteiger partial charge in [-0.3, -0.25) is 0 Å². The van der Waals surface area contributed by atoms with Crippen molar-refractivity contribution in [3.63, 3.8) is 0 Å². The predicted molar refractivity (Wildman–Crippen MR) is 422 cm³/mol. The normalized spacial score (nSPS) is 16.1. The number of pyridine rings is 5. The van der Waals surface area contributed by atoms with Crippen molar-refractivity contribution < 1.29 is 51.9 Å². The van der Waals surface area contributed by atoms with E-state index in [1.165, 1.54) is 40.4 Å². The third-order valence-corrected chi connectivity index (χ3v) is 22.9. The average molecular weight is 1450 g/mol. The fourth-order valence-corrected chi connectivity index (χ4v) is 18.4. The molecule has 5 aliphatic rings. The largest absolute Gasteiger partial charge is 0.400 e. The summed E-state index contributed by atoms with van der Waals surface area (Å²) in [5.41, 5.74) is 19.4. The van der Waals surface area contributed by atoms with Gasteiger partial charge in [-0.1, -0.05) is 121 Å². The van der Waals surface area contributed by atoms with Gasteiger partial charge in [0.15, 0.2) is 22.1 Å². The van der Waals surface area contributed by atoms with E-state index in [4.69, 9.17) is 29.1 Å². The quantitative estimate of drug-likeness (QED) is 0.150. The highest BCUT2D eigenvalue weighted by Crippen LogP contribution is 2.44. The van der Waals surface area contributed by atoms with Crippen LogP contribution in [0, 0.1) is 0 Å². The van der Waals surface area contributed by atoms with Crippen molar-refractivity contribution in [2.75, 3.05) is 0 Å². The van der Waals surface area contributed by atoms with Crippen molar-refractivity contribution in [1.29, 1.82) is 0 Å². The van der Waals surface area contributed by atoms with Crippen LogP contribution in [0.5, 0.6) is 0 Å². The number of fused-ring (bicyclic) bond motifs is 35. The molecule has 108 heavy (non-hydrogen) atoms. The molecule has 0 bridgehead atoms. The number of imidazole rings is 5. The molecule has 21 aromatic rings. The van der Waals surface area contributed by atoms with E-state index < -0.39 is 41.9 Å². The Balaban J connectivity index is 0.0000000935. The Labute approximate surface area is 647 Å². The van der Waals surface area contributed by atoms with Gasteiger partial charge in [0.05, 0.1) is 148 Å². The maximum atomic E-state index is 8.36. The Morgan fingerprint density at radius 1 is 0.343 bits per heavy atom. The molecule has 6 aromatic carbocycles. The number of thiophene rings is 1. The summed E-state index contributed by atoms with van der Waals surface area (Å²) in [4.78, 5) is 23.6. The number of para-hydroxylation sites is 1. The fourth-order valence-electron chi connectivity index (χ4n) is 17.3. The first-order chi connectivity index (χ1) is 60.3. The number of aromatic nitrogens is 18. The summed E-state index contributed by atoms with van der Waals surface area (Å²) in [6.45, 7) is -11.1. The van der Waals surface area contributed by atoms with E-state index in [0.717, 1.165) is 148 Å². The van der Waals surface area contributed by atoms with Crippen LogP contribution in [0.15, 0.2) is 248 Å². The van der Waals surface area contributed by atoms with Gasteiger partial charge in [-0.2, -0.15) is 4.57 Å². The summed E-state index contributed by atoms with van der Waals surface area (Å²) in [5.74, 6) is 3.41. The lowest BCUT2D eigenvalue weighted by Gasteiger charge is -2.03. The average Bonchev–Trinajstić information content (AvgIpc) is 1.53. The minimum Gasteiger partial charge on any atom is -0.400 e. The van der Waals surface area contributed by atoms with Gasteiger partial charge in [-0.05, 0) is 120 Å². The summed E-state index contributed by atoms with van der Waals surface area (Å²) in [5, 5.41) is 4.40. The van der Waals surface area contributed by atoms with Crippen LogP contribution in [0.25, 0.3) is 172 Å². The molecule has 0 aliphatic carbocycles. The van der Waals surface area contributed by atoms with Crippen molar-refractivity contribution in [2.45, 2.75) is 32.7 Å². The molecule has 19 nitrogen and oxygen atoms in total. The zero-order valence-electron chi connectivity index (χ0n) is 75.5. The smallest absolute Gasteiger partial charge is 0.340 e. The molecule has 0 atom stereocenters.